The van der Waals surface area contributed by atoms with Crippen molar-refractivity contribution in [1.82, 2.24) is 20.0 Å². The van der Waals surface area contributed by atoms with E-state index in [0.29, 0.717) is 25.2 Å². The summed E-state index contributed by atoms with van der Waals surface area (Å²) in [5, 5.41) is 16.8. The molecule has 2 aliphatic heterocycles. The van der Waals surface area contributed by atoms with Gasteiger partial charge < -0.3 is 15.3 Å². The van der Waals surface area contributed by atoms with E-state index in [0.717, 1.165) is 30.6 Å². The van der Waals surface area contributed by atoms with Crippen LogP contribution < -0.4 is 5.32 Å². The average molecular weight is 292 g/mol. The summed E-state index contributed by atoms with van der Waals surface area (Å²) in [6.45, 7) is 2.44. The number of aromatic nitrogens is 2. The second-order valence-corrected chi connectivity index (χ2v) is 5.75. The fourth-order valence-corrected chi connectivity index (χ4v) is 3.21. The van der Waals surface area contributed by atoms with Gasteiger partial charge >= 0.3 is 5.97 Å². The Hall–Kier alpha value is -1.89. The van der Waals surface area contributed by atoms with Crippen molar-refractivity contribution < 1.29 is 14.7 Å². The van der Waals surface area contributed by atoms with Crippen LogP contribution in [0.5, 0.6) is 0 Å². The lowest BCUT2D eigenvalue weighted by Gasteiger charge is -2.30. The van der Waals surface area contributed by atoms with Crippen LogP contribution in [0.1, 0.15) is 34.6 Å². The first-order chi connectivity index (χ1) is 10.1. The van der Waals surface area contributed by atoms with Gasteiger partial charge in [-0.3, -0.25) is 14.3 Å². The molecule has 0 saturated carbocycles. The number of piperidine rings is 1. The number of fused-ring (bicyclic) bond motifs is 1. The van der Waals surface area contributed by atoms with Crippen LogP contribution in [0, 0.1) is 5.92 Å². The third-order valence-electron chi connectivity index (χ3n) is 4.38. The van der Waals surface area contributed by atoms with Crippen LogP contribution in [0.15, 0.2) is 0 Å². The summed E-state index contributed by atoms with van der Waals surface area (Å²) >= 11 is 0. The second-order valence-electron chi connectivity index (χ2n) is 5.75. The van der Waals surface area contributed by atoms with E-state index in [-0.39, 0.29) is 12.5 Å². The molecule has 0 spiro atoms. The molecule has 1 saturated heterocycles. The number of carbonyl (C=O) groups excluding carboxylic acids is 1. The number of aryl methyl sites for hydroxylation is 1. The third kappa shape index (κ3) is 2.53. The van der Waals surface area contributed by atoms with Crippen molar-refractivity contribution in [2.45, 2.75) is 25.8 Å². The van der Waals surface area contributed by atoms with Gasteiger partial charge in [-0.2, -0.15) is 5.10 Å². The Labute approximate surface area is 122 Å². The van der Waals surface area contributed by atoms with Crippen molar-refractivity contribution in [2.24, 2.45) is 13.0 Å². The zero-order chi connectivity index (χ0) is 15.0. The molecular weight excluding hydrogens is 272 g/mol. The van der Waals surface area contributed by atoms with Crippen molar-refractivity contribution in [1.29, 1.82) is 0 Å². The van der Waals surface area contributed by atoms with Crippen molar-refractivity contribution in [2.75, 3.05) is 19.6 Å². The van der Waals surface area contributed by atoms with Crippen LogP contribution in [0.3, 0.4) is 0 Å². The highest BCUT2D eigenvalue weighted by molar-refractivity contribution is 5.94. The largest absolute Gasteiger partial charge is 0.481 e. The fraction of sp³-hybridized carbons (Fsp3) is 0.643. The summed E-state index contributed by atoms with van der Waals surface area (Å²) in [5.74, 6) is -1.42. The Morgan fingerprint density at radius 3 is 3.00 bits per heavy atom. The first-order valence-corrected chi connectivity index (χ1v) is 7.35. The Balaban J connectivity index is 1.84. The molecule has 2 aliphatic rings. The Morgan fingerprint density at radius 2 is 2.24 bits per heavy atom. The smallest absolute Gasteiger partial charge is 0.308 e. The summed E-state index contributed by atoms with van der Waals surface area (Å²) in [6, 6.07) is 0. The maximum absolute atomic E-state index is 12.7. The minimum absolute atomic E-state index is 0.137. The molecule has 0 radical (unpaired) electrons. The second kappa shape index (κ2) is 5.48. The maximum Gasteiger partial charge on any atom is 0.308 e. The lowest BCUT2D eigenvalue weighted by atomic mass is 9.97. The van der Waals surface area contributed by atoms with Gasteiger partial charge in [0.05, 0.1) is 5.92 Å². The highest BCUT2D eigenvalue weighted by atomic mass is 16.4. The zero-order valence-corrected chi connectivity index (χ0v) is 12.1. The van der Waals surface area contributed by atoms with E-state index in [2.05, 4.69) is 10.4 Å². The van der Waals surface area contributed by atoms with Crippen LogP contribution in [0.4, 0.5) is 0 Å². The Bertz CT molecular complexity index is 581. The number of aliphatic carboxylic acids is 1. The molecule has 7 heteroatoms. The van der Waals surface area contributed by atoms with E-state index in [1.165, 1.54) is 0 Å². The van der Waals surface area contributed by atoms with Gasteiger partial charge in [0.2, 0.25) is 0 Å². The van der Waals surface area contributed by atoms with Crippen LogP contribution >= 0.6 is 0 Å². The summed E-state index contributed by atoms with van der Waals surface area (Å²) in [6.07, 6.45) is 2.24. The van der Waals surface area contributed by atoms with Crippen LogP contribution in [-0.4, -0.2) is 51.3 Å². The summed E-state index contributed by atoms with van der Waals surface area (Å²) in [5.41, 5.74) is 2.54. The average Bonchev–Trinajstić information content (AvgIpc) is 2.84. The molecular formula is C14H20N4O3. The van der Waals surface area contributed by atoms with Gasteiger partial charge in [0.1, 0.15) is 0 Å². The molecule has 2 N–H and O–H groups in total. The van der Waals surface area contributed by atoms with Crippen molar-refractivity contribution in [3.05, 3.63) is 17.0 Å². The monoisotopic (exact) mass is 292 g/mol. The molecule has 3 rings (SSSR count). The molecule has 0 aliphatic carbocycles. The van der Waals surface area contributed by atoms with Crippen molar-refractivity contribution >= 4 is 11.9 Å². The van der Waals surface area contributed by atoms with Gasteiger partial charge in [-0.1, -0.05) is 0 Å². The minimum atomic E-state index is -0.822. The highest BCUT2D eigenvalue weighted by Crippen LogP contribution is 2.22. The number of amides is 1. The van der Waals surface area contributed by atoms with Crippen LogP contribution in [0.25, 0.3) is 0 Å². The van der Waals surface area contributed by atoms with Crippen LogP contribution in [0.2, 0.25) is 0 Å². The van der Waals surface area contributed by atoms with Gasteiger partial charge in [0.25, 0.3) is 5.91 Å². The number of likely N-dealkylation sites (tertiary alicyclic amines) is 1. The quantitative estimate of drug-likeness (QED) is 0.801. The molecule has 21 heavy (non-hydrogen) atoms. The number of nitrogens with zero attached hydrogens (tertiary/aromatic N) is 3. The number of carboxylic acids is 1. The van der Waals surface area contributed by atoms with Gasteiger partial charge in [-0.05, 0) is 12.8 Å². The van der Waals surface area contributed by atoms with Gasteiger partial charge in [0.15, 0.2) is 5.69 Å². The van der Waals surface area contributed by atoms with Gasteiger partial charge in [0, 0.05) is 50.9 Å². The van der Waals surface area contributed by atoms with E-state index in [9.17, 15) is 9.59 Å². The van der Waals surface area contributed by atoms with Gasteiger partial charge in [-0.25, -0.2) is 0 Å². The van der Waals surface area contributed by atoms with Crippen molar-refractivity contribution in [3.8, 4) is 0 Å². The predicted octanol–water partition coefficient (Wildman–Crippen LogP) is 0.00260. The lowest BCUT2D eigenvalue weighted by molar-refractivity contribution is -0.143. The first-order valence-electron chi connectivity index (χ1n) is 7.35. The minimum Gasteiger partial charge on any atom is -0.481 e. The first kappa shape index (κ1) is 14.1. The maximum atomic E-state index is 12.7. The Kier molecular flexibility index (Phi) is 3.67. The molecule has 1 fully saturated rings. The molecule has 1 aromatic rings. The molecule has 1 aromatic heterocycles. The summed E-state index contributed by atoms with van der Waals surface area (Å²) < 4.78 is 1.78. The number of rotatable bonds is 2. The summed E-state index contributed by atoms with van der Waals surface area (Å²) in [4.78, 5) is 25.4. The highest BCUT2D eigenvalue weighted by Gasteiger charge is 2.32. The molecule has 0 bridgehead atoms. The number of carboxylic acid groups (broad SMARTS) is 1. The van der Waals surface area contributed by atoms with Gasteiger partial charge in [-0.15, -0.1) is 0 Å². The van der Waals surface area contributed by atoms with Crippen LogP contribution in [-0.2, 0) is 24.8 Å². The predicted molar refractivity (Wildman–Crippen MR) is 74.9 cm³/mol. The standard InChI is InChI=1S/C14H20N4O3/c1-17-11-4-5-15-7-10(11)12(16-17)13(19)18-6-2-3-9(8-18)14(20)21/h9,15H,2-8H2,1H3,(H,20,21). The summed E-state index contributed by atoms with van der Waals surface area (Å²) in [7, 11) is 1.86. The number of hydrogen-bond acceptors (Lipinski definition) is 4. The molecule has 1 amide bonds. The molecule has 1 unspecified atom stereocenters. The molecule has 1 atom stereocenters. The number of carbonyl (C=O) groups is 2. The SMILES string of the molecule is Cn1nc(C(=O)N2CCCC(C(=O)O)C2)c2c1CCNC2. The van der Waals surface area contributed by atoms with E-state index in [1.54, 1.807) is 9.58 Å². The van der Waals surface area contributed by atoms with E-state index in [4.69, 9.17) is 5.11 Å². The third-order valence-corrected chi connectivity index (χ3v) is 4.38. The fourth-order valence-electron chi connectivity index (χ4n) is 3.21. The molecule has 3 heterocycles. The molecule has 7 nitrogen and oxygen atoms in total. The topological polar surface area (TPSA) is 87.5 Å². The van der Waals surface area contributed by atoms with E-state index >= 15 is 0 Å². The van der Waals surface area contributed by atoms with E-state index < -0.39 is 11.9 Å². The lowest BCUT2D eigenvalue weighted by Crippen LogP contribution is -2.43. The van der Waals surface area contributed by atoms with E-state index in [1.807, 2.05) is 7.05 Å². The number of hydrogen-bond donors (Lipinski definition) is 2. The van der Waals surface area contributed by atoms with Crippen molar-refractivity contribution in [3.63, 3.8) is 0 Å². The Morgan fingerprint density at radius 1 is 1.43 bits per heavy atom. The molecule has 114 valence electrons. The molecule has 0 aromatic carbocycles. The number of nitrogens with one attached hydrogen (secondary N) is 1. The zero-order valence-electron chi connectivity index (χ0n) is 12.1. The normalized spacial score (nSPS) is 22.0.